The average Bonchev–Trinajstić information content (AvgIpc) is 3.36. The van der Waals surface area contributed by atoms with Gasteiger partial charge in [0.1, 0.15) is 0 Å². The molecule has 2 aromatic carbocycles. The van der Waals surface area contributed by atoms with Crippen LogP contribution in [0.1, 0.15) is 54.5 Å². The minimum absolute atomic E-state index is 0. The van der Waals surface area contributed by atoms with E-state index in [9.17, 15) is 0 Å². The third kappa shape index (κ3) is 5.76. The molecule has 0 saturated carbocycles. The lowest BCUT2D eigenvalue weighted by Crippen LogP contribution is -2.00. The molecular formula is C23H34N4. The zero-order valence-electron chi connectivity index (χ0n) is 17.1. The molecule has 0 aromatic heterocycles. The van der Waals surface area contributed by atoms with E-state index in [-0.39, 0.29) is 6.15 Å². The molecule has 0 amide bonds. The topological polar surface area (TPSA) is 71.8 Å². The number of rotatable bonds is 3. The van der Waals surface area contributed by atoms with Crippen LogP contribution in [0.3, 0.4) is 0 Å². The van der Waals surface area contributed by atoms with Crippen molar-refractivity contribution >= 4 is 18.6 Å². The van der Waals surface area contributed by atoms with Gasteiger partial charge in [0.25, 0.3) is 0 Å². The van der Waals surface area contributed by atoms with E-state index in [0.717, 1.165) is 5.56 Å². The third-order valence-electron chi connectivity index (χ3n) is 4.81. The van der Waals surface area contributed by atoms with E-state index in [1.165, 1.54) is 44.2 Å². The van der Waals surface area contributed by atoms with Crippen LogP contribution in [-0.2, 0) is 25.7 Å². The fraction of sp³-hybridized carbons (Fsp3) is 0.391. The molecule has 0 radical (unpaired) electrons. The molecule has 4 N–H and O–H groups in total. The minimum Gasteiger partial charge on any atom is -0.388 e. The molecular weight excluding hydrogens is 332 g/mol. The molecule has 4 rings (SSSR count). The Balaban J connectivity index is 0.000000251. The summed E-state index contributed by atoms with van der Waals surface area (Å²) in [5.74, 6) is 0. The fourth-order valence-electron chi connectivity index (χ4n) is 3.76. The van der Waals surface area contributed by atoms with Crippen molar-refractivity contribution in [3.8, 4) is 0 Å². The van der Waals surface area contributed by atoms with E-state index in [1.807, 2.05) is 44.2 Å². The highest BCUT2D eigenvalue weighted by molar-refractivity contribution is 5.79. The summed E-state index contributed by atoms with van der Waals surface area (Å²) in [5.41, 5.74) is 8.99. The first kappa shape index (κ1) is 22.6. The van der Waals surface area contributed by atoms with Crippen molar-refractivity contribution in [3.63, 3.8) is 0 Å². The van der Waals surface area contributed by atoms with Gasteiger partial charge in [-0.25, -0.2) is 0 Å². The highest BCUT2D eigenvalue weighted by Crippen LogP contribution is 2.38. The lowest BCUT2D eigenvalue weighted by atomic mass is 9.99. The second-order valence-corrected chi connectivity index (χ2v) is 6.28. The highest BCUT2D eigenvalue weighted by atomic mass is 15.2. The monoisotopic (exact) mass is 366 g/mol. The van der Waals surface area contributed by atoms with Crippen molar-refractivity contribution in [2.75, 3.05) is 12.4 Å². The van der Waals surface area contributed by atoms with E-state index in [2.05, 4.69) is 35.4 Å². The molecule has 0 fully saturated rings. The molecule has 0 aliphatic heterocycles. The molecule has 4 nitrogen and oxygen atoms in total. The Morgan fingerprint density at radius 1 is 0.926 bits per heavy atom. The predicted molar refractivity (Wildman–Crippen MR) is 120 cm³/mol. The summed E-state index contributed by atoms with van der Waals surface area (Å²) < 4.78 is 0. The lowest BCUT2D eigenvalue weighted by molar-refractivity contribution is 0.898. The normalized spacial score (nSPS) is 13.3. The first-order valence-corrected chi connectivity index (χ1v) is 9.72. The standard InChI is InChI=1S/C13H17N.C8H8N2.C2H6.H3N/c1-14-13-11-6-2-4-9(11)8-10-5-3-7-12(10)13;1-9-10-7-8-5-3-2-4-6-8;1-2;/h8,14H,2-7H2,1H3;2-7H,1H2;1-2H3;1H3/b;10-7+;;. The first-order valence-electron chi connectivity index (χ1n) is 9.72. The molecule has 27 heavy (non-hydrogen) atoms. The van der Waals surface area contributed by atoms with E-state index in [4.69, 9.17) is 0 Å². The van der Waals surface area contributed by atoms with Gasteiger partial charge in [-0.15, -0.1) is 0 Å². The van der Waals surface area contributed by atoms with Crippen molar-refractivity contribution in [1.29, 1.82) is 0 Å². The second kappa shape index (κ2) is 12.0. The average molecular weight is 367 g/mol. The van der Waals surface area contributed by atoms with Gasteiger partial charge in [0, 0.05) is 19.5 Å². The van der Waals surface area contributed by atoms with Crippen LogP contribution in [0.25, 0.3) is 0 Å². The number of hydrogen-bond acceptors (Lipinski definition) is 4. The molecule has 2 aromatic rings. The molecule has 0 bridgehead atoms. The van der Waals surface area contributed by atoms with Gasteiger partial charge >= 0.3 is 0 Å². The van der Waals surface area contributed by atoms with Crippen molar-refractivity contribution in [1.82, 2.24) is 6.15 Å². The number of fused-ring (bicyclic) bond motifs is 2. The Bertz CT molecular complexity index is 704. The van der Waals surface area contributed by atoms with Crippen LogP contribution in [0, 0.1) is 0 Å². The predicted octanol–water partition coefficient (Wildman–Crippen LogP) is 5.62. The molecule has 146 valence electrons. The zero-order chi connectivity index (χ0) is 18.8. The van der Waals surface area contributed by atoms with Crippen LogP contribution in [0.15, 0.2) is 46.6 Å². The van der Waals surface area contributed by atoms with Crippen LogP contribution in [-0.4, -0.2) is 20.0 Å². The number of aryl methyl sites for hydroxylation is 2. The van der Waals surface area contributed by atoms with Crippen molar-refractivity contribution < 1.29 is 0 Å². The molecule has 2 aliphatic rings. The maximum atomic E-state index is 3.63. The Kier molecular flexibility index (Phi) is 10.1. The van der Waals surface area contributed by atoms with Gasteiger partial charge in [0.05, 0.1) is 6.21 Å². The Labute approximate surface area is 164 Å². The van der Waals surface area contributed by atoms with Crippen molar-refractivity contribution in [3.05, 3.63) is 64.2 Å². The third-order valence-corrected chi connectivity index (χ3v) is 4.81. The number of anilines is 1. The van der Waals surface area contributed by atoms with E-state index in [0.29, 0.717) is 0 Å². The smallest absolute Gasteiger partial charge is 0.0567 e. The molecule has 0 saturated heterocycles. The summed E-state index contributed by atoms with van der Waals surface area (Å²) in [6, 6.07) is 12.2. The minimum atomic E-state index is 0. The largest absolute Gasteiger partial charge is 0.388 e. The molecule has 2 aliphatic carbocycles. The van der Waals surface area contributed by atoms with Crippen molar-refractivity contribution in [2.45, 2.75) is 52.4 Å². The molecule has 0 atom stereocenters. The van der Waals surface area contributed by atoms with Gasteiger partial charge in [-0.05, 0) is 66.3 Å². The van der Waals surface area contributed by atoms with Gasteiger partial charge in [0.15, 0.2) is 0 Å². The summed E-state index contributed by atoms with van der Waals surface area (Å²) >= 11 is 0. The summed E-state index contributed by atoms with van der Waals surface area (Å²) in [7, 11) is 2.08. The number of nitrogens with one attached hydrogen (secondary N) is 1. The van der Waals surface area contributed by atoms with Gasteiger partial charge in [-0.2, -0.15) is 10.2 Å². The Morgan fingerprint density at radius 3 is 1.96 bits per heavy atom. The van der Waals surface area contributed by atoms with Crippen LogP contribution in [0.2, 0.25) is 0 Å². The van der Waals surface area contributed by atoms with Crippen LogP contribution >= 0.6 is 0 Å². The zero-order valence-corrected chi connectivity index (χ0v) is 17.1. The molecule has 0 heterocycles. The van der Waals surface area contributed by atoms with Gasteiger partial charge < -0.3 is 11.5 Å². The van der Waals surface area contributed by atoms with Gasteiger partial charge in [-0.3, -0.25) is 0 Å². The van der Waals surface area contributed by atoms with E-state index >= 15 is 0 Å². The van der Waals surface area contributed by atoms with Crippen LogP contribution in [0.5, 0.6) is 0 Å². The summed E-state index contributed by atoms with van der Waals surface area (Å²) in [4.78, 5) is 0. The summed E-state index contributed by atoms with van der Waals surface area (Å²) in [5, 5.41) is 10.4. The maximum Gasteiger partial charge on any atom is 0.0567 e. The second-order valence-electron chi connectivity index (χ2n) is 6.28. The van der Waals surface area contributed by atoms with E-state index in [1.54, 1.807) is 28.5 Å². The summed E-state index contributed by atoms with van der Waals surface area (Å²) in [6.45, 7) is 7.23. The molecule has 4 heteroatoms. The lowest BCUT2D eigenvalue weighted by Gasteiger charge is -2.14. The Hall–Kier alpha value is -2.46. The molecule has 0 spiro atoms. The fourth-order valence-corrected chi connectivity index (χ4v) is 3.76. The van der Waals surface area contributed by atoms with Crippen LogP contribution in [0.4, 0.5) is 5.69 Å². The van der Waals surface area contributed by atoms with E-state index < -0.39 is 0 Å². The van der Waals surface area contributed by atoms with Gasteiger partial charge in [-0.1, -0.05) is 50.2 Å². The maximum absolute atomic E-state index is 3.63. The SMILES string of the molecule is C=N/N=C/c1ccccc1.CC.CNc1c2c(cc3c1CCC3)CCC2.N. The number of nitrogens with zero attached hydrogens (tertiary/aromatic N) is 2. The summed E-state index contributed by atoms with van der Waals surface area (Å²) in [6.07, 6.45) is 9.55. The van der Waals surface area contributed by atoms with Crippen LogP contribution < -0.4 is 11.5 Å². The highest BCUT2D eigenvalue weighted by Gasteiger charge is 2.22. The van der Waals surface area contributed by atoms with Gasteiger partial charge in [0.2, 0.25) is 0 Å². The quantitative estimate of drug-likeness (QED) is 0.547. The van der Waals surface area contributed by atoms with Crippen molar-refractivity contribution in [2.24, 2.45) is 10.2 Å². The Morgan fingerprint density at radius 2 is 1.48 bits per heavy atom. The molecule has 0 unspecified atom stereocenters. The first-order chi connectivity index (χ1) is 12.8. The number of benzene rings is 2. The number of hydrogen-bond donors (Lipinski definition) is 2.